The van der Waals surface area contributed by atoms with Gasteiger partial charge in [-0.25, -0.2) is 19.1 Å². The van der Waals surface area contributed by atoms with Crippen LogP contribution in [0.4, 0.5) is 0 Å². The first-order chi connectivity index (χ1) is 44.2. The molecule has 8 aromatic heterocycles. The summed E-state index contributed by atoms with van der Waals surface area (Å²) in [5.74, 6) is 2.37. The number of rotatable bonds is 8. The Morgan fingerprint density at radius 2 is 0.742 bits per heavy atom. The monoisotopic (exact) mass is 1140 g/mol. The van der Waals surface area contributed by atoms with E-state index in [0.29, 0.717) is 5.82 Å². The summed E-state index contributed by atoms with van der Waals surface area (Å²) in [5.41, 5.74) is 17.6. The molecule has 0 N–H and O–H groups in total. The largest absolute Gasteiger partial charge is 0.308 e. The molecule has 0 fully saturated rings. The molecule has 0 saturated heterocycles. The summed E-state index contributed by atoms with van der Waals surface area (Å²) in [4.78, 5) is 16.7. The van der Waals surface area contributed by atoms with Crippen LogP contribution in [-0.4, -0.2) is 37.9 Å². The molecule has 0 saturated carbocycles. The number of hydrogen-bond donors (Lipinski definition) is 0. The SMILES string of the molecule is c1ccc(-c2cc(-c3cc(-n4c5ccccc5c5ccccc54)[n+](-n4c5ccccc5c5ccc6c(c7ncccc7n6-c6ccccc6)c54)c(-n4c5ccccc5c5ccccc54)c3-n3c4ccccc4c4ccccc43)nc(-c3ccccc3)n2)cc1. The van der Waals surface area contributed by atoms with Crippen molar-refractivity contribution in [1.82, 2.24) is 37.9 Å². The van der Waals surface area contributed by atoms with Crippen molar-refractivity contribution in [1.29, 1.82) is 0 Å². The van der Waals surface area contributed by atoms with Crippen LogP contribution < -0.4 is 4.68 Å². The Balaban J connectivity index is 1.14. The average Bonchev–Trinajstić information content (AvgIpc) is 1.58. The molecule has 9 heteroatoms. The zero-order chi connectivity index (χ0) is 58.3. The third-order valence-corrected chi connectivity index (χ3v) is 18.2. The Morgan fingerprint density at radius 3 is 1.29 bits per heavy atom. The predicted molar refractivity (Wildman–Crippen MR) is 364 cm³/mol. The van der Waals surface area contributed by atoms with E-state index < -0.39 is 0 Å². The maximum Gasteiger partial charge on any atom is 0.282 e. The molecule has 0 amide bonds. The summed E-state index contributed by atoms with van der Waals surface area (Å²) in [6, 6.07) is 107. The van der Waals surface area contributed by atoms with Crippen molar-refractivity contribution in [3.05, 3.63) is 303 Å². The molecule has 8 heterocycles. The molecule has 0 aliphatic heterocycles. The van der Waals surface area contributed by atoms with Gasteiger partial charge in [0.05, 0.1) is 55.4 Å². The first-order valence-corrected chi connectivity index (χ1v) is 30.2. The van der Waals surface area contributed by atoms with Gasteiger partial charge in [-0.3, -0.25) is 4.98 Å². The fourth-order valence-electron chi connectivity index (χ4n) is 14.5. The highest BCUT2D eigenvalue weighted by Gasteiger charge is 2.37. The number of fused-ring (bicyclic) bond motifs is 16. The van der Waals surface area contributed by atoms with Gasteiger partial charge in [0.25, 0.3) is 11.6 Å². The minimum Gasteiger partial charge on any atom is -0.308 e. The van der Waals surface area contributed by atoms with Gasteiger partial charge in [0, 0.05) is 77.7 Å². The van der Waals surface area contributed by atoms with Crippen molar-refractivity contribution < 1.29 is 4.68 Å². The lowest BCUT2D eigenvalue weighted by atomic mass is 10.0. The van der Waals surface area contributed by atoms with E-state index in [1.54, 1.807) is 0 Å². The van der Waals surface area contributed by atoms with Gasteiger partial charge in [-0.05, 0) is 84.9 Å². The Hall–Kier alpha value is -12.2. The van der Waals surface area contributed by atoms with Crippen molar-refractivity contribution in [2.75, 3.05) is 0 Å². The molecule has 414 valence electrons. The van der Waals surface area contributed by atoms with Crippen molar-refractivity contribution in [2.45, 2.75) is 0 Å². The minimum absolute atomic E-state index is 0.621. The van der Waals surface area contributed by atoms with Gasteiger partial charge < -0.3 is 9.13 Å². The fraction of sp³-hybridized carbons (Fsp3) is 0. The number of aromatic nitrogens is 9. The Labute approximate surface area is 509 Å². The first-order valence-electron chi connectivity index (χ1n) is 30.2. The van der Waals surface area contributed by atoms with E-state index >= 15 is 0 Å². The van der Waals surface area contributed by atoms with E-state index in [4.69, 9.17) is 15.0 Å². The van der Waals surface area contributed by atoms with Gasteiger partial charge in [-0.1, -0.05) is 206 Å². The Morgan fingerprint density at radius 1 is 0.303 bits per heavy atom. The number of para-hydroxylation sites is 8. The number of pyridine rings is 2. The third kappa shape index (κ3) is 7.12. The topological polar surface area (TPSA) is 67.2 Å². The molecule has 0 aliphatic carbocycles. The van der Waals surface area contributed by atoms with Crippen molar-refractivity contribution in [3.63, 3.8) is 0 Å². The van der Waals surface area contributed by atoms with Crippen LogP contribution in [0.25, 0.3) is 166 Å². The van der Waals surface area contributed by atoms with Crippen molar-refractivity contribution in [2.24, 2.45) is 0 Å². The number of benzene rings is 11. The molecule has 0 unspecified atom stereocenters. The van der Waals surface area contributed by atoms with E-state index in [1.165, 1.54) is 0 Å². The van der Waals surface area contributed by atoms with Crippen LogP contribution in [0, 0.1) is 0 Å². The number of hydrogen-bond acceptors (Lipinski definition) is 3. The van der Waals surface area contributed by atoms with Gasteiger partial charge in [0.15, 0.2) is 5.82 Å². The molecule has 11 aromatic carbocycles. The smallest absolute Gasteiger partial charge is 0.282 e. The second kappa shape index (κ2) is 19.2. The summed E-state index contributed by atoms with van der Waals surface area (Å²) < 4.78 is 15.0. The van der Waals surface area contributed by atoms with Crippen molar-refractivity contribution in [3.8, 4) is 56.9 Å². The third-order valence-electron chi connectivity index (χ3n) is 18.2. The Kier molecular flexibility index (Phi) is 10.6. The molecule has 0 aliphatic rings. The summed E-state index contributed by atoms with van der Waals surface area (Å²) in [6.07, 6.45) is 1.94. The molecule has 0 radical (unpaired) electrons. The average molecular weight is 1140 g/mol. The lowest BCUT2D eigenvalue weighted by Crippen LogP contribution is -2.50. The minimum atomic E-state index is 0.621. The normalized spacial score (nSPS) is 12.0. The van der Waals surface area contributed by atoms with Crippen LogP contribution in [0.15, 0.2) is 303 Å². The van der Waals surface area contributed by atoms with Crippen LogP contribution in [-0.2, 0) is 0 Å². The quantitative estimate of drug-likeness (QED) is 0.142. The highest BCUT2D eigenvalue weighted by molar-refractivity contribution is 6.25. The summed E-state index contributed by atoms with van der Waals surface area (Å²) in [6.45, 7) is 0. The Bertz CT molecular complexity index is 5890. The highest BCUT2D eigenvalue weighted by atomic mass is 15.5. The van der Waals surface area contributed by atoms with Crippen LogP contribution >= 0.6 is 0 Å². The maximum atomic E-state index is 5.85. The molecule has 0 bridgehead atoms. The number of nitrogens with zero attached hydrogens (tertiary/aromatic N) is 9. The van der Waals surface area contributed by atoms with E-state index in [9.17, 15) is 0 Å². The molecule has 19 aromatic rings. The zero-order valence-corrected chi connectivity index (χ0v) is 47.9. The van der Waals surface area contributed by atoms with Gasteiger partial charge >= 0.3 is 0 Å². The molecule has 9 nitrogen and oxygen atoms in total. The van der Waals surface area contributed by atoms with E-state index in [-0.39, 0.29) is 0 Å². The van der Waals surface area contributed by atoms with Crippen LogP contribution in [0.1, 0.15) is 0 Å². The molecule has 19 rings (SSSR count). The maximum absolute atomic E-state index is 5.85. The first kappa shape index (κ1) is 49.1. The fourth-order valence-corrected chi connectivity index (χ4v) is 14.5. The van der Waals surface area contributed by atoms with E-state index in [2.05, 4.69) is 325 Å². The highest BCUT2D eigenvalue weighted by Crippen LogP contribution is 2.46. The standard InChI is InChI=1S/C80H50N9/c1-4-25-51(26-5-1)63-50-64(83-79(82-63)52-27-6-2-7-28-52)62-49-74(85-65-38-17-10-31-54(65)55-32-11-18-39-66(55)85)89(88-71-44-23-16-37-60(71)61-46-47-72-75(77(61)88)76-73(45-24-48-81-76)84(72)53-29-8-3-9-30-53)80(87-69-42-21-14-35-58(69)59-36-15-22-43-70(59)87)78(62)86-67-40-19-12-33-56(67)57-34-13-20-41-68(57)86/h1-50H/q+1. The molecule has 0 spiro atoms. The van der Waals surface area contributed by atoms with Crippen molar-refractivity contribution >= 4 is 109 Å². The van der Waals surface area contributed by atoms with Gasteiger partial charge in [-0.2, -0.15) is 4.68 Å². The van der Waals surface area contributed by atoms with Gasteiger partial charge in [0.1, 0.15) is 27.8 Å². The summed E-state index contributed by atoms with van der Waals surface area (Å²) >= 11 is 0. The molecular weight excluding hydrogens is 1090 g/mol. The zero-order valence-electron chi connectivity index (χ0n) is 47.9. The van der Waals surface area contributed by atoms with Crippen LogP contribution in [0.5, 0.6) is 0 Å². The lowest BCUT2D eigenvalue weighted by molar-refractivity contribution is -0.708. The van der Waals surface area contributed by atoms with Gasteiger partial charge in [0.2, 0.25) is 0 Å². The molecular formula is C80H50N9+. The van der Waals surface area contributed by atoms with E-state index in [0.717, 1.165) is 160 Å². The second-order valence-corrected chi connectivity index (χ2v) is 22.9. The predicted octanol–water partition coefficient (Wildman–Crippen LogP) is 19.0. The lowest BCUT2D eigenvalue weighted by Gasteiger charge is -2.24. The second-order valence-electron chi connectivity index (χ2n) is 22.9. The van der Waals surface area contributed by atoms with E-state index in [1.807, 2.05) is 6.20 Å². The van der Waals surface area contributed by atoms with Crippen LogP contribution in [0.3, 0.4) is 0 Å². The summed E-state index contributed by atoms with van der Waals surface area (Å²) in [5, 5.41) is 10.0. The molecule has 89 heavy (non-hydrogen) atoms. The van der Waals surface area contributed by atoms with Gasteiger partial charge in [-0.15, -0.1) is 4.68 Å². The van der Waals surface area contributed by atoms with Crippen LogP contribution in [0.2, 0.25) is 0 Å². The summed E-state index contributed by atoms with van der Waals surface area (Å²) in [7, 11) is 0. The molecule has 0 atom stereocenters.